The lowest BCUT2D eigenvalue weighted by Gasteiger charge is -2.22. The van der Waals surface area contributed by atoms with Gasteiger partial charge in [0, 0.05) is 34.8 Å². The number of rotatable bonds is 17. The molecule has 0 aliphatic rings. The Hall–Kier alpha value is -5.56. The Balaban J connectivity index is 1.29. The number of alkyl halides is 3. The third kappa shape index (κ3) is 12.0. The maximum Gasteiger partial charge on any atom is 0.416 e. The van der Waals surface area contributed by atoms with Gasteiger partial charge < -0.3 is 20.5 Å². The fraction of sp³-hybridized carbons (Fsp3) is 0.341. The van der Waals surface area contributed by atoms with Gasteiger partial charge in [-0.15, -0.1) is 11.3 Å². The Morgan fingerprint density at radius 1 is 0.772 bits per heavy atom. The molecule has 300 valence electrons. The maximum atomic E-state index is 13.7. The molecule has 0 fully saturated rings. The molecule has 0 aliphatic heterocycles. The number of benzene rings is 3. The van der Waals surface area contributed by atoms with Crippen LogP contribution in [0.5, 0.6) is 5.75 Å². The van der Waals surface area contributed by atoms with E-state index >= 15 is 0 Å². The fourth-order valence-corrected chi connectivity index (χ4v) is 6.95. The van der Waals surface area contributed by atoms with E-state index in [0.717, 1.165) is 58.9 Å². The van der Waals surface area contributed by atoms with Gasteiger partial charge in [0.1, 0.15) is 11.8 Å². The minimum atomic E-state index is -4.62. The predicted octanol–water partition coefficient (Wildman–Crippen LogP) is 9.82. The van der Waals surface area contributed by atoms with E-state index in [-0.39, 0.29) is 17.4 Å². The van der Waals surface area contributed by atoms with Crippen molar-refractivity contribution in [3.8, 4) is 28.3 Å². The van der Waals surface area contributed by atoms with Gasteiger partial charge in [0.15, 0.2) is 11.9 Å². The SMILES string of the molecule is CCCCCCCOc1ccc(-c2cnc(-c3ccc(C[C@H](NC(=O)c4ccc(C(C)(C)C)s4)C(=O)NC(C(=O)O)c4ccc(C(F)(F)F)cc4)cc3)nc2)cc1. The highest BCUT2D eigenvalue weighted by molar-refractivity contribution is 7.14. The topological polar surface area (TPSA) is 131 Å². The number of hydrogen-bond donors (Lipinski definition) is 3. The van der Waals surface area contributed by atoms with Crippen LogP contribution in [0.1, 0.15) is 97.1 Å². The number of unbranched alkanes of at least 4 members (excludes halogenated alkanes) is 4. The summed E-state index contributed by atoms with van der Waals surface area (Å²) in [5.41, 5.74) is 1.90. The number of ether oxygens (including phenoxy) is 1. The van der Waals surface area contributed by atoms with Gasteiger partial charge >= 0.3 is 12.1 Å². The number of thiophene rings is 1. The van der Waals surface area contributed by atoms with Crippen molar-refractivity contribution in [1.29, 1.82) is 0 Å². The number of carboxylic acid groups (broad SMARTS) is 1. The molecule has 3 N–H and O–H groups in total. The van der Waals surface area contributed by atoms with Crippen LogP contribution >= 0.6 is 11.3 Å². The van der Waals surface area contributed by atoms with E-state index in [4.69, 9.17) is 4.74 Å². The lowest BCUT2D eigenvalue weighted by atomic mass is 9.95. The number of nitrogens with zero attached hydrogens (tertiary/aromatic N) is 2. The molecule has 2 atom stereocenters. The summed E-state index contributed by atoms with van der Waals surface area (Å²) in [4.78, 5) is 49.9. The highest BCUT2D eigenvalue weighted by Gasteiger charge is 2.32. The van der Waals surface area contributed by atoms with Crippen LogP contribution in [0, 0.1) is 0 Å². The molecule has 13 heteroatoms. The highest BCUT2D eigenvalue weighted by Crippen LogP contribution is 2.31. The zero-order chi connectivity index (χ0) is 41.2. The Bertz CT molecular complexity index is 2090. The van der Waals surface area contributed by atoms with E-state index in [2.05, 4.69) is 27.5 Å². The van der Waals surface area contributed by atoms with Gasteiger partial charge in [0.25, 0.3) is 5.91 Å². The van der Waals surface area contributed by atoms with Crippen LogP contribution in [0.2, 0.25) is 0 Å². The number of hydrogen-bond acceptors (Lipinski definition) is 7. The van der Waals surface area contributed by atoms with Crippen molar-refractivity contribution in [2.75, 3.05) is 6.61 Å². The van der Waals surface area contributed by atoms with Gasteiger partial charge in [0.2, 0.25) is 5.91 Å². The number of carboxylic acids is 1. The Morgan fingerprint density at radius 3 is 1.98 bits per heavy atom. The quantitative estimate of drug-likeness (QED) is 0.0799. The van der Waals surface area contributed by atoms with E-state index in [1.54, 1.807) is 42.7 Å². The summed E-state index contributed by atoms with van der Waals surface area (Å²) in [7, 11) is 0. The van der Waals surface area contributed by atoms with Crippen LogP contribution in [-0.2, 0) is 27.6 Å². The first-order valence-electron chi connectivity index (χ1n) is 18.9. The summed E-state index contributed by atoms with van der Waals surface area (Å²) < 4.78 is 45.4. The number of halogens is 3. The molecule has 0 bridgehead atoms. The molecule has 57 heavy (non-hydrogen) atoms. The van der Waals surface area contributed by atoms with Crippen molar-refractivity contribution < 1.29 is 37.4 Å². The second kappa shape index (κ2) is 19.1. The third-order valence-electron chi connectivity index (χ3n) is 9.30. The molecular weight excluding hydrogens is 754 g/mol. The van der Waals surface area contributed by atoms with Crippen LogP contribution in [-0.4, -0.2) is 45.5 Å². The Morgan fingerprint density at radius 2 is 1.40 bits per heavy atom. The van der Waals surface area contributed by atoms with Crippen LogP contribution in [0.15, 0.2) is 97.3 Å². The lowest BCUT2D eigenvalue weighted by Crippen LogP contribution is -2.49. The summed E-state index contributed by atoms with van der Waals surface area (Å²) in [6.45, 7) is 8.92. The number of carbonyl (C=O) groups excluding carboxylic acids is 2. The molecule has 2 heterocycles. The van der Waals surface area contributed by atoms with E-state index in [0.29, 0.717) is 28.4 Å². The number of nitrogens with one attached hydrogen (secondary N) is 2. The summed E-state index contributed by atoms with van der Waals surface area (Å²) in [6.07, 6.45) is 4.70. The van der Waals surface area contributed by atoms with Crippen molar-refractivity contribution in [3.05, 3.63) is 124 Å². The number of carbonyl (C=O) groups is 3. The average molecular weight is 801 g/mol. The normalized spacial score (nSPS) is 12.8. The highest BCUT2D eigenvalue weighted by atomic mass is 32.1. The number of aromatic nitrogens is 2. The zero-order valence-electron chi connectivity index (χ0n) is 32.4. The van der Waals surface area contributed by atoms with E-state index in [1.807, 2.05) is 51.1 Å². The second-order valence-electron chi connectivity index (χ2n) is 14.8. The van der Waals surface area contributed by atoms with Crippen molar-refractivity contribution in [1.82, 2.24) is 20.6 Å². The van der Waals surface area contributed by atoms with Crippen molar-refractivity contribution >= 4 is 29.1 Å². The summed E-state index contributed by atoms with van der Waals surface area (Å²) >= 11 is 1.28. The van der Waals surface area contributed by atoms with Crippen molar-refractivity contribution in [2.45, 2.75) is 89.9 Å². The van der Waals surface area contributed by atoms with Crippen LogP contribution in [0.25, 0.3) is 22.5 Å². The second-order valence-corrected chi connectivity index (χ2v) is 15.9. The van der Waals surface area contributed by atoms with Gasteiger partial charge in [-0.2, -0.15) is 13.2 Å². The fourth-order valence-electron chi connectivity index (χ4n) is 5.99. The molecule has 5 aromatic rings. The monoisotopic (exact) mass is 800 g/mol. The van der Waals surface area contributed by atoms with Gasteiger partial charge in [-0.1, -0.05) is 102 Å². The molecule has 0 radical (unpaired) electrons. The van der Waals surface area contributed by atoms with Gasteiger partial charge in [0.05, 0.1) is 17.0 Å². The molecule has 9 nitrogen and oxygen atoms in total. The van der Waals surface area contributed by atoms with Crippen LogP contribution in [0.4, 0.5) is 13.2 Å². The molecule has 0 saturated carbocycles. The first kappa shape index (κ1) is 42.6. The minimum Gasteiger partial charge on any atom is -0.494 e. The predicted molar refractivity (Wildman–Crippen MR) is 215 cm³/mol. The molecule has 5 rings (SSSR count). The molecule has 0 spiro atoms. The molecule has 0 saturated heterocycles. The summed E-state index contributed by atoms with van der Waals surface area (Å²) in [6, 6.07) is 19.0. The molecule has 2 amide bonds. The van der Waals surface area contributed by atoms with Crippen molar-refractivity contribution in [3.63, 3.8) is 0 Å². The van der Waals surface area contributed by atoms with Gasteiger partial charge in [-0.05, 0) is 64.9 Å². The number of aliphatic carboxylic acids is 1. The van der Waals surface area contributed by atoms with E-state index in [9.17, 15) is 32.7 Å². The molecule has 0 aliphatic carbocycles. The van der Waals surface area contributed by atoms with Gasteiger partial charge in [-0.25, -0.2) is 14.8 Å². The minimum absolute atomic E-state index is 0.0208. The Kier molecular flexibility index (Phi) is 14.2. The molecular formula is C44H47F3N4O5S. The molecule has 3 aromatic carbocycles. The summed E-state index contributed by atoms with van der Waals surface area (Å²) in [5.74, 6) is -1.54. The van der Waals surface area contributed by atoms with Crippen LogP contribution < -0.4 is 15.4 Å². The van der Waals surface area contributed by atoms with E-state index in [1.165, 1.54) is 30.6 Å². The average Bonchev–Trinajstić information content (AvgIpc) is 3.70. The van der Waals surface area contributed by atoms with Gasteiger partial charge in [-0.3, -0.25) is 9.59 Å². The standard InChI is InChI=1S/C44H47F3N4O5S/c1-5-6-7-8-9-24-56-34-20-16-29(17-21-34)32-26-48-39(49-27-32)31-12-10-28(11-13-31)25-35(50-41(53)36-22-23-37(57-36)43(2,3)4)40(52)51-38(42(54)55)30-14-18-33(19-15-30)44(45,46)47/h10-23,26-27,35,38H,5-9,24-25H2,1-4H3,(H,50,53)(H,51,52)(H,54,55)/t35-,38?/m0/s1. The van der Waals surface area contributed by atoms with E-state index < -0.39 is 41.6 Å². The lowest BCUT2D eigenvalue weighted by molar-refractivity contribution is -0.142. The Labute approximate surface area is 334 Å². The molecule has 2 aromatic heterocycles. The largest absolute Gasteiger partial charge is 0.494 e. The number of amides is 2. The third-order valence-corrected chi connectivity index (χ3v) is 10.8. The van der Waals surface area contributed by atoms with Crippen molar-refractivity contribution in [2.24, 2.45) is 0 Å². The molecule has 1 unspecified atom stereocenters. The summed E-state index contributed by atoms with van der Waals surface area (Å²) in [5, 5.41) is 15.1. The zero-order valence-corrected chi connectivity index (χ0v) is 33.2. The first-order valence-corrected chi connectivity index (χ1v) is 19.7. The first-order chi connectivity index (χ1) is 27.1. The smallest absolute Gasteiger partial charge is 0.416 e. The van der Waals surface area contributed by atoms with Crippen LogP contribution in [0.3, 0.4) is 0 Å². The maximum absolute atomic E-state index is 13.7.